The summed E-state index contributed by atoms with van der Waals surface area (Å²) in [6, 6.07) is 12.3. The maximum Gasteiger partial charge on any atom is 0.227 e. The molecule has 0 aliphatic heterocycles. The summed E-state index contributed by atoms with van der Waals surface area (Å²) >= 11 is 0. The molecule has 0 aliphatic carbocycles. The number of hydrogen-bond acceptors (Lipinski definition) is 2. The third-order valence-corrected chi connectivity index (χ3v) is 4.19. The van der Waals surface area contributed by atoms with Gasteiger partial charge in [0.05, 0.1) is 13.0 Å². The summed E-state index contributed by atoms with van der Waals surface area (Å²) in [7, 11) is 0. The van der Waals surface area contributed by atoms with Gasteiger partial charge < -0.3 is 10.1 Å². The zero-order valence-corrected chi connectivity index (χ0v) is 15.1. The quantitative estimate of drug-likeness (QED) is 0.791. The number of ether oxygens (including phenoxy) is 1. The number of para-hydroxylation sites is 1. The van der Waals surface area contributed by atoms with Crippen LogP contribution >= 0.6 is 0 Å². The van der Waals surface area contributed by atoms with Crippen molar-refractivity contribution < 1.29 is 9.53 Å². The Bertz CT molecular complexity index is 685. The smallest absolute Gasteiger partial charge is 0.227 e. The summed E-state index contributed by atoms with van der Waals surface area (Å²) in [5.41, 5.74) is 5.57. The normalized spacial score (nSPS) is 10.5. The van der Waals surface area contributed by atoms with E-state index in [-0.39, 0.29) is 5.91 Å². The van der Waals surface area contributed by atoms with Crippen molar-refractivity contribution in [3.63, 3.8) is 0 Å². The number of hydrogen-bond donors (Lipinski definition) is 1. The Kier molecular flexibility index (Phi) is 6.42. The first-order valence-electron chi connectivity index (χ1n) is 8.65. The van der Waals surface area contributed by atoms with Gasteiger partial charge in [-0.15, -0.1) is 0 Å². The fourth-order valence-electron chi connectivity index (χ4n) is 2.72. The highest BCUT2D eigenvalue weighted by molar-refractivity contribution is 5.92. The highest BCUT2D eigenvalue weighted by Crippen LogP contribution is 2.23. The summed E-state index contributed by atoms with van der Waals surface area (Å²) < 4.78 is 5.78. The summed E-state index contributed by atoms with van der Waals surface area (Å²) in [4.78, 5) is 12.3. The molecular formula is C21H27NO2. The van der Waals surface area contributed by atoms with Gasteiger partial charge in [0.1, 0.15) is 5.75 Å². The van der Waals surface area contributed by atoms with Gasteiger partial charge in [0, 0.05) is 5.69 Å². The van der Waals surface area contributed by atoms with E-state index >= 15 is 0 Å². The standard InChI is InChI=1S/C21H27NO2/c1-5-17-8-7-9-18(6-2)21(17)22-20(23)12-13-24-19-14-15(3)10-11-16(19)4/h7-11,14H,5-6,12-13H2,1-4H3,(H,22,23). The molecule has 0 saturated carbocycles. The Morgan fingerprint density at radius 1 is 1.04 bits per heavy atom. The van der Waals surface area contributed by atoms with Gasteiger partial charge in [0.15, 0.2) is 0 Å². The van der Waals surface area contributed by atoms with Crippen LogP contribution in [0.2, 0.25) is 0 Å². The minimum Gasteiger partial charge on any atom is -0.493 e. The van der Waals surface area contributed by atoms with E-state index < -0.39 is 0 Å². The van der Waals surface area contributed by atoms with Crippen LogP contribution in [0.1, 0.15) is 42.5 Å². The fourth-order valence-corrected chi connectivity index (χ4v) is 2.72. The van der Waals surface area contributed by atoms with Crippen molar-refractivity contribution in [3.05, 3.63) is 58.7 Å². The van der Waals surface area contributed by atoms with E-state index in [0.29, 0.717) is 13.0 Å². The lowest BCUT2D eigenvalue weighted by Gasteiger charge is -2.15. The molecule has 2 aromatic carbocycles. The number of carbonyl (C=O) groups excluding carboxylic acids is 1. The number of nitrogens with one attached hydrogen (secondary N) is 1. The summed E-state index contributed by atoms with van der Waals surface area (Å²) in [6.07, 6.45) is 2.15. The van der Waals surface area contributed by atoms with Crippen LogP contribution in [0.3, 0.4) is 0 Å². The van der Waals surface area contributed by atoms with E-state index in [9.17, 15) is 4.79 Å². The van der Waals surface area contributed by atoms with E-state index in [2.05, 4.69) is 43.4 Å². The zero-order chi connectivity index (χ0) is 17.5. The average molecular weight is 325 g/mol. The number of amides is 1. The number of carbonyl (C=O) groups is 1. The molecule has 0 unspecified atom stereocenters. The molecule has 2 rings (SSSR count). The van der Waals surface area contributed by atoms with Gasteiger partial charge in [-0.2, -0.15) is 0 Å². The molecule has 24 heavy (non-hydrogen) atoms. The van der Waals surface area contributed by atoms with Crippen LogP contribution in [0.5, 0.6) is 5.75 Å². The first kappa shape index (κ1) is 18.1. The van der Waals surface area contributed by atoms with Gasteiger partial charge in [-0.3, -0.25) is 4.79 Å². The van der Waals surface area contributed by atoms with Gasteiger partial charge in [-0.1, -0.05) is 44.2 Å². The van der Waals surface area contributed by atoms with Crippen molar-refractivity contribution in [1.82, 2.24) is 0 Å². The molecule has 2 aromatic rings. The molecule has 0 aliphatic rings. The Morgan fingerprint density at radius 2 is 1.71 bits per heavy atom. The van der Waals surface area contributed by atoms with Crippen LogP contribution in [0.25, 0.3) is 0 Å². The number of rotatable bonds is 7. The van der Waals surface area contributed by atoms with E-state index in [0.717, 1.165) is 35.4 Å². The highest BCUT2D eigenvalue weighted by atomic mass is 16.5. The van der Waals surface area contributed by atoms with Crippen LogP contribution in [0, 0.1) is 13.8 Å². The lowest BCUT2D eigenvalue weighted by molar-refractivity contribution is -0.116. The molecule has 128 valence electrons. The predicted molar refractivity (Wildman–Crippen MR) is 99.9 cm³/mol. The molecule has 3 nitrogen and oxygen atoms in total. The minimum atomic E-state index is -0.00379. The van der Waals surface area contributed by atoms with Crippen LogP contribution < -0.4 is 10.1 Å². The van der Waals surface area contributed by atoms with Gasteiger partial charge in [0.2, 0.25) is 5.91 Å². The Morgan fingerprint density at radius 3 is 2.33 bits per heavy atom. The van der Waals surface area contributed by atoms with Gasteiger partial charge in [-0.05, 0) is 55.0 Å². The fraction of sp³-hybridized carbons (Fsp3) is 0.381. The Balaban J connectivity index is 1.96. The van der Waals surface area contributed by atoms with Crippen molar-refractivity contribution in [2.75, 3.05) is 11.9 Å². The second-order valence-electron chi connectivity index (χ2n) is 6.07. The molecule has 0 radical (unpaired) electrons. The van der Waals surface area contributed by atoms with Gasteiger partial charge in [0.25, 0.3) is 0 Å². The largest absolute Gasteiger partial charge is 0.493 e. The van der Waals surface area contributed by atoms with Crippen molar-refractivity contribution in [1.29, 1.82) is 0 Å². The molecule has 0 atom stereocenters. The molecule has 0 saturated heterocycles. The first-order chi connectivity index (χ1) is 11.5. The van der Waals surface area contributed by atoms with Crippen LogP contribution in [0.15, 0.2) is 36.4 Å². The Labute approximate surface area is 145 Å². The molecular weight excluding hydrogens is 298 g/mol. The highest BCUT2D eigenvalue weighted by Gasteiger charge is 2.10. The predicted octanol–water partition coefficient (Wildman–Crippen LogP) is 4.84. The molecule has 0 aromatic heterocycles. The first-order valence-corrected chi connectivity index (χ1v) is 8.65. The van der Waals surface area contributed by atoms with Crippen molar-refractivity contribution in [2.45, 2.75) is 47.0 Å². The zero-order valence-electron chi connectivity index (χ0n) is 15.1. The van der Waals surface area contributed by atoms with Gasteiger partial charge >= 0.3 is 0 Å². The lowest BCUT2D eigenvalue weighted by atomic mass is 10.0. The number of anilines is 1. The number of benzene rings is 2. The molecule has 1 amide bonds. The van der Waals surface area contributed by atoms with Crippen molar-refractivity contribution in [3.8, 4) is 5.75 Å². The van der Waals surface area contributed by atoms with Crippen molar-refractivity contribution >= 4 is 11.6 Å². The maximum atomic E-state index is 12.3. The van der Waals surface area contributed by atoms with E-state index in [1.165, 1.54) is 11.1 Å². The summed E-state index contributed by atoms with van der Waals surface area (Å²) in [6.45, 7) is 8.64. The second kappa shape index (κ2) is 8.53. The SMILES string of the molecule is CCc1cccc(CC)c1NC(=O)CCOc1cc(C)ccc1C. The lowest BCUT2D eigenvalue weighted by Crippen LogP contribution is -2.17. The van der Waals surface area contributed by atoms with E-state index in [1.54, 1.807) is 0 Å². The summed E-state index contributed by atoms with van der Waals surface area (Å²) in [5, 5.41) is 3.07. The molecule has 0 bridgehead atoms. The van der Waals surface area contributed by atoms with Crippen molar-refractivity contribution in [2.24, 2.45) is 0 Å². The number of aryl methyl sites for hydroxylation is 4. The molecule has 0 heterocycles. The molecule has 1 N–H and O–H groups in total. The maximum absolute atomic E-state index is 12.3. The van der Waals surface area contributed by atoms with Crippen LogP contribution in [-0.2, 0) is 17.6 Å². The molecule has 3 heteroatoms. The van der Waals surface area contributed by atoms with E-state index in [1.807, 2.05) is 26.0 Å². The average Bonchev–Trinajstić information content (AvgIpc) is 2.58. The third-order valence-electron chi connectivity index (χ3n) is 4.19. The minimum absolute atomic E-state index is 0.00379. The van der Waals surface area contributed by atoms with Gasteiger partial charge in [-0.25, -0.2) is 0 Å². The third kappa shape index (κ3) is 4.60. The van der Waals surface area contributed by atoms with Crippen LogP contribution in [-0.4, -0.2) is 12.5 Å². The molecule has 0 spiro atoms. The molecule has 0 fully saturated rings. The van der Waals surface area contributed by atoms with Crippen LogP contribution in [0.4, 0.5) is 5.69 Å². The summed E-state index contributed by atoms with van der Waals surface area (Å²) in [5.74, 6) is 0.849. The topological polar surface area (TPSA) is 38.3 Å². The van der Waals surface area contributed by atoms with E-state index in [4.69, 9.17) is 4.74 Å². The second-order valence-corrected chi connectivity index (χ2v) is 6.07. The monoisotopic (exact) mass is 325 g/mol. The Hall–Kier alpha value is -2.29.